The van der Waals surface area contributed by atoms with Gasteiger partial charge in [0.2, 0.25) is 0 Å². The molecule has 4 nitrogen and oxygen atoms in total. The zero-order valence-corrected chi connectivity index (χ0v) is 16.1. The van der Waals surface area contributed by atoms with E-state index in [2.05, 4.69) is 29.3 Å². The number of nitrogens with zero attached hydrogens (tertiary/aromatic N) is 2. The van der Waals surface area contributed by atoms with Crippen LogP contribution in [-0.4, -0.2) is 42.5 Å². The molecule has 1 N–H and O–H groups in total. The van der Waals surface area contributed by atoms with Crippen LogP contribution in [0.2, 0.25) is 0 Å². The molecule has 0 saturated heterocycles. The van der Waals surface area contributed by atoms with Gasteiger partial charge in [-0.05, 0) is 52.6 Å². The SMILES string of the molecule is Cc1nc(-c2ccccc2)c(C(=O)NC2CCC(CN(C)C)CC2)s1. The van der Waals surface area contributed by atoms with Crippen LogP contribution in [0.5, 0.6) is 0 Å². The summed E-state index contributed by atoms with van der Waals surface area (Å²) in [5, 5.41) is 4.18. The number of aromatic nitrogens is 1. The third kappa shape index (κ3) is 4.67. The number of hydrogen-bond donors (Lipinski definition) is 1. The minimum atomic E-state index is 0.0283. The predicted molar refractivity (Wildman–Crippen MR) is 104 cm³/mol. The van der Waals surface area contributed by atoms with Crippen LogP contribution in [0.4, 0.5) is 0 Å². The summed E-state index contributed by atoms with van der Waals surface area (Å²) in [5.41, 5.74) is 1.81. The molecule has 2 aromatic rings. The second-order valence-corrected chi connectivity index (χ2v) is 8.43. The molecule has 5 heteroatoms. The number of thiazole rings is 1. The standard InChI is InChI=1S/C20H27N3OS/c1-14-21-18(16-7-5-4-6-8-16)19(25-14)20(24)22-17-11-9-15(10-12-17)13-23(2)3/h4-8,15,17H,9-13H2,1-3H3,(H,22,24). The first-order valence-corrected chi connectivity index (χ1v) is 9.83. The van der Waals surface area contributed by atoms with Crippen LogP contribution in [0.3, 0.4) is 0 Å². The van der Waals surface area contributed by atoms with Crippen molar-refractivity contribution in [3.8, 4) is 11.3 Å². The van der Waals surface area contributed by atoms with E-state index in [1.54, 1.807) is 0 Å². The first-order chi connectivity index (χ1) is 12.0. The third-order valence-corrected chi connectivity index (χ3v) is 5.76. The van der Waals surface area contributed by atoms with Gasteiger partial charge in [-0.3, -0.25) is 4.79 Å². The second kappa shape index (κ2) is 8.11. The lowest BCUT2D eigenvalue weighted by Crippen LogP contribution is -2.38. The second-order valence-electron chi connectivity index (χ2n) is 7.23. The molecule has 1 saturated carbocycles. The monoisotopic (exact) mass is 357 g/mol. The number of benzene rings is 1. The van der Waals surface area contributed by atoms with Gasteiger partial charge < -0.3 is 10.2 Å². The molecule has 1 aromatic heterocycles. The molecular formula is C20H27N3OS. The Morgan fingerprint density at radius 2 is 1.88 bits per heavy atom. The van der Waals surface area contributed by atoms with Crippen LogP contribution >= 0.6 is 11.3 Å². The van der Waals surface area contributed by atoms with E-state index in [1.165, 1.54) is 24.2 Å². The Morgan fingerprint density at radius 1 is 1.20 bits per heavy atom. The van der Waals surface area contributed by atoms with E-state index in [1.807, 2.05) is 37.3 Å². The highest BCUT2D eigenvalue weighted by Crippen LogP contribution is 2.29. The van der Waals surface area contributed by atoms with Gasteiger partial charge >= 0.3 is 0 Å². The van der Waals surface area contributed by atoms with E-state index in [0.717, 1.165) is 46.4 Å². The zero-order valence-electron chi connectivity index (χ0n) is 15.3. The maximum Gasteiger partial charge on any atom is 0.263 e. The molecule has 0 atom stereocenters. The van der Waals surface area contributed by atoms with E-state index < -0.39 is 0 Å². The molecule has 0 aliphatic heterocycles. The van der Waals surface area contributed by atoms with Crippen molar-refractivity contribution in [2.24, 2.45) is 5.92 Å². The third-order valence-electron chi connectivity index (χ3n) is 4.79. The van der Waals surface area contributed by atoms with Crippen molar-refractivity contribution in [2.45, 2.75) is 38.6 Å². The van der Waals surface area contributed by atoms with E-state index in [0.29, 0.717) is 0 Å². The van der Waals surface area contributed by atoms with Crippen molar-refractivity contribution in [3.63, 3.8) is 0 Å². The lowest BCUT2D eigenvalue weighted by Gasteiger charge is -2.30. The average molecular weight is 358 g/mol. The Bertz CT molecular complexity index is 703. The molecule has 1 aliphatic rings. The largest absolute Gasteiger partial charge is 0.349 e. The van der Waals surface area contributed by atoms with E-state index in [-0.39, 0.29) is 11.9 Å². The van der Waals surface area contributed by atoms with Gasteiger partial charge in [-0.15, -0.1) is 11.3 Å². The maximum absolute atomic E-state index is 12.8. The smallest absolute Gasteiger partial charge is 0.263 e. The quantitative estimate of drug-likeness (QED) is 0.881. The number of carbonyl (C=O) groups is 1. The summed E-state index contributed by atoms with van der Waals surface area (Å²) in [6, 6.07) is 10.3. The summed E-state index contributed by atoms with van der Waals surface area (Å²) in [6.45, 7) is 3.10. The van der Waals surface area contributed by atoms with Gasteiger partial charge in [0.15, 0.2) is 0 Å². The highest BCUT2D eigenvalue weighted by atomic mass is 32.1. The molecule has 3 rings (SSSR count). The summed E-state index contributed by atoms with van der Waals surface area (Å²) in [6.07, 6.45) is 4.53. The topological polar surface area (TPSA) is 45.2 Å². The lowest BCUT2D eigenvalue weighted by molar-refractivity contribution is 0.0923. The van der Waals surface area contributed by atoms with Gasteiger partial charge in [-0.1, -0.05) is 30.3 Å². The molecule has 1 aliphatic carbocycles. The van der Waals surface area contributed by atoms with Crippen molar-refractivity contribution >= 4 is 17.2 Å². The van der Waals surface area contributed by atoms with E-state index >= 15 is 0 Å². The van der Waals surface area contributed by atoms with Crippen molar-refractivity contribution < 1.29 is 4.79 Å². The lowest BCUT2D eigenvalue weighted by atomic mass is 9.85. The van der Waals surface area contributed by atoms with Crippen LogP contribution in [0, 0.1) is 12.8 Å². The van der Waals surface area contributed by atoms with Gasteiger partial charge in [0.1, 0.15) is 4.88 Å². The summed E-state index contributed by atoms with van der Waals surface area (Å²) in [5.74, 6) is 0.786. The number of amides is 1. The Hall–Kier alpha value is -1.72. The van der Waals surface area contributed by atoms with E-state index in [4.69, 9.17) is 0 Å². The van der Waals surface area contributed by atoms with Crippen molar-refractivity contribution in [2.75, 3.05) is 20.6 Å². The van der Waals surface area contributed by atoms with Crippen LogP contribution in [0.1, 0.15) is 40.4 Å². The minimum absolute atomic E-state index is 0.0283. The summed E-state index contributed by atoms with van der Waals surface area (Å²) >= 11 is 1.49. The first kappa shape index (κ1) is 18.1. The fourth-order valence-electron chi connectivity index (χ4n) is 3.63. The van der Waals surface area contributed by atoms with Crippen LogP contribution in [-0.2, 0) is 0 Å². The number of carbonyl (C=O) groups excluding carboxylic acids is 1. The summed E-state index contributed by atoms with van der Waals surface area (Å²) in [4.78, 5) is 20.4. The molecule has 134 valence electrons. The molecule has 1 heterocycles. The van der Waals surface area contributed by atoms with E-state index in [9.17, 15) is 4.79 Å². The number of aryl methyl sites for hydroxylation is 1. The molecule has 25 heavy (non-hydrogen) atoms. The van der Waals surface area contributed by atoms with Crippen LogP contribution in [0.15, 0.2) is 30.3 Å². The van der Waals surface area contributed by atoms with Crippen LogP contribution < -0.4 is 5.32 Å². The van der Waals surface area contributed by atoms with Gasteiger partial charge in [0.05, 0.1) is 10.7 Å². The van der Waals surface area contributed by atoms with Crippen molar-refractivity contribution in [3.05, 3.63) is 40.2 Å². The Balaban J connectivity index is 1.65. The minimum Gasteiger partial charge on any atom is -0.349 e. The van der Waals surface area contributed by atoms with Crippen LogP contribution in [0.25, 0.3) is 11.3 Å². The Labute approximate surface area is 154 Å². The number of hydrogen-bond acceptors (Lipinski definition) is 4. The Morgan fingerprint density at radius 3 is 2.52 bits per heavy atom. The molecule has 0 spiro atoms. The van der Waals surface area contributed by atoms with Gasteiger partial charge in [-0.2, -0.15) is 0 Å². The molecular weight excluding hydrogens is 330 g/mol. The molecule has 1 amide bonds. The zero-order chi connectivity index (χ0) is 17.8. The predicted octanol–water partition coefficient (Wildman–Crippen LogP) is 3.97. The highest BCUT2D eigenvalue weighted by molar-refractivity contribution is 7.14. The molecule has 0 radical (unpaired) electrons. The summed E-state index contributed by atoms with van der Waals surface area (Å²) in [7, 11) is 4.26. The molecule has 1 fully saturated rings. The number of rotatable bonds is 5. The van der Waals surface area contributed by atoms with Gasteiger partial charge in [0.25, 0.3) is 5.91 Å². The van der Waals surface area contributed by atoms with Gasteiger partial charge in [0, 0.05) is 18.2 Å². The van der Waals surface area contributed by atoms with Crippen molar-refractivity contribution in [1.29, 1.82) is 0 Å². The Kier molecular flexibility index (Phi) is 5.86. The molecule has 1 aromatic carbocycles. The molecule has 0 bridgehead atoms. The molecule has 0 unspecified atom stereocenters. The number of nitrogens with one attached hydrogen (secondary N) is 1. The van der Waals surface area contributed by atoms with Crippen molar-refractivity contribution in [1.82, 2.24) is 15.2 Å². The first-order valence-electron chi connectivity index (χ1n) is 9.01. The highest BCUT2D eigenvalue weighted by Gasteiger charge is 2.25. The maximum atomic E-state index is 12.8. The fourth-order valence-corrected chi connectivity index (χ4v) is 4.47. The average Bonchev–Trinajstić information content (AvgIpc) is 2.99. The normalized spacial score (nSPS) is 20.6. The summed E-state index contributed by atoms with van der Waals surface area (Å²) < 4.78 is 0. The van der Waals surface area contributed by atoms with Gasteiger partial charge in [-0.25, -0.2) is 4.98 Å². The fraction of sp³-hybridized carbons (Fsp3) is 0.500.